The van der Waals surface area contributed by atoms with Crippen LogP contribution in [0.1, 0.15) is 13.8 Å². The van der Waals surface area contributed by atoms with Gasteiger partial charge in [0.25, 0.3) is 0 Å². The number of quaternary nitrogens is 1. The van der Waals surface area contributed by atoms with Gasteiger partial charge in [-0.05, 0) is 13.8 Å². The van der Waals surface area contributed by atoms with Crippen LogP contribution in [0.15, 0.2) is 0 Å². The van der Waals surface area contributed by atoms with Crippen molar-refractivity contribution in [2.75, 3.05) is 13.1 Å². The summed E-state index contributed by atoms with van der Waals surface area (Å²) in [5, 5.41) is -4.74. The lowest BCUT2D eigenvalue weighted by Crippen LogP contribution is -2.42. The minimum atomic E-state index is -3.75. The lowest BCUT2D eigenvalue weighted by atomic mass is 10.5. The first-order chi connectivity index (χ1) is 4.93. The highest BCUT2D eigenvalue weighted by molar-refractivity contribution is 7.79. The first-order valence-corrected chi connectivity index (χ1v) is 3.61. The van der Waals surface area contributed by atoms with Crippen molar-refractivity contribution in [3.8, 4) is 0 Å². The number of hydrogen-bond donors (Lipinski definition) is 0. The molecule has 0 aliphatic rings. The molecule has 0 N–H and O–H groups in total. The predicted molar refractivity (Wildman–Crippen MR) is 39.1 cm³/mol. The molecule has 0 spiro atoms. The number of hydrogen-bond acceptors (Lipinski definition) is 1. The molecule has 0 aliphatic carbocycles. The van der Waals surface area contributed by atoms with E-state index in [2.05, 4.69) is 12.2 Å². The highest BCUT2D eigenvalue weighted by Crippen LogP contribution is 2.15. The van der Waals surface area contributed by atoms with Crippen molar-refractivity contribution in [2.24, 2.45) is 0 Å². The molecule has 0 rings (SSSR count). The molecule has 0 atom stereocenters. The summed E-state index contributed by atoms with van der Waals surface area (Å²) >= 11 is 4.18. The van der Waals surface area contributed by atoms with E-state index in [4.69, 9.17) is 0 Å². The maximum atomic E-state index is 11.8. The molecule has 0 heterocycles. The highest BCUT2D eigenvalue weighted by Gasteiger charge is 2.42. The summed E-state index contributed by atoms with van der Waals surface area (Å²) in [6.07, 6.45) is 0. The van der Waals surface area contributed by atoms with Crippen LogP contribution in [0, 0.1) is 0 Å². The first-order valence-electron chi connectivity index (χ1n) is 3.21. The van der Waals surface area contributed by atoms with Gasteiger partial charge < -0.3 is 4.90 Å². The van der Waals surface area contributed by atoms with E-state index in [0.29, 0.717) is 0 Å². The molecule has 0 unspecified atom stereocenters. The lowest BCUT2D eigenvalue weighted by Gasteiger charge is -2.16. The van der Waals surface area contributed by atoms with Crippen molar-refractivity contribution in [2.45, 2.75) is 13.8 Å². The topological polar surface area (TPSA) is 3.24 Å². The average molecular weight is 187 g/mol. The largest absolute Gasteiger partial charge is 0.398 e. The molecule has 0 aromatic heterocycles. The fourth-order valence-electron chi connectivity index (χ4n) is 0.654. The van der Waals surface area contributed by atoms with E-state index in [1.807, 2.05) is 0 Å². The Morgan fingerprint density at radius 3 is 1.73 bits per heavy atom. The Hall–Kier alpha value is -0.360. The molecule has 11 heavy (non-hydrogen) atoms. The van der Waals surface area contributed by atoms with Crippen molar-refractivity contribution in [3.05, 3.63) is 0 Å². The third kappa shape index (κ3) is 3.02. The molecule has 2 nitrogen and oxygen atoms in total. The minimum Gasteiger partial charge on any atom is -0.309 e. The minimum absolute atomic E-state index is 0.285. The molecule has 0 aromatic carbocycles. The van der Waals surface area contributed by atoms with E-state index < -0.39 is 10.3 Å². The van der Waals surface area contributed by atoms with Crippen LogP contribution in [0.3, 0.4) is 0 Å². The van der Waals surface area contributed by atoms with Crippen LogP contribution in [0.2, 0.25) is 0 Å². The number of halogens is 3. The zero-order valence-corrected chi connectivity index (χ0v) is 7.17. The van der Waals surface area contributed by atoms with Gasteiger partial charge in [0.1, 0.15) is 0 Å². The van der Waals surface area contributed by atoms with Crippen LogP contribution >= 0.6 is 12.2 Å². The molecule has 0 saturated carbocycles. The SMILES string of the molecule is CCN(CC)C(=S)[N+](F)(F)F. The van der Waals surface area contributed by atoms with Gasteiger partial charge in [0.2, 0.25) is 0 Å². The van der Waals surface area contributed by atoms with E-state index in [-0.39, 0.29) is 13.1 Å². The Bertz CT molecular complexity index is 141. The second kappa shape index (κ2) is 3.87. The molecule has 0 amide bonds. The molecule has 0 radical (unpaired) electrons. The quantitative estimate of drug-likeness (QED) is 0.481. The summed E-state index contributed by atoms with van der Waals surface area (Å²) < 4.78 is 35.5. The van der Waals surface area contributed by atoms with Crippen molar-refractivity contribution in [1.29, 1.82) is 0 Å². The molecule has 6 heteroatoms. The monoisotopic (exact) mass is 187 g/mol. The second-order valence-corrected chi connectivity index (χ2v) is 2.27. The highest BCUT2D eigenvalue weighted by atomic mass is 32.1. The van der Waals surface area contributed by atoms with E-state index in [1.165, 1.54) is 0 Å². The van der Waals surface area contributed by atoms with Crippen LogP contribution in [-0.2, 0) is 0 Å². The summed E-state index contributed by atoms with van der Waals surface area (Å²) in [6, 6.07) is 0. The van der Waals surface area contributed by atoms with Gasteiger partial charge in [-0.1, -0.05) is 0 Å². The van der Waals surface area contributed by atoms with E-state index in [0.717, 1.165) is 4.90 Å². The van der Waals surface area contributed by atoms with Crippen molar-refractivity contribution in [1.82, 2.24) is 4.90 Å². The third-order valence-corrected chi connectivity index (χ3v) is 1.72. The third-order valence-electron chi connectivity index (χ3n) is 1.25. The van der Waals surface area contributed by atoms with Gasteiger partial charge in [-0.3, -0.25) is 0 Å². The maximum absolute atomic E-state index is 11.8. The summed E-state index contributed by atoms with van der Waals surface area (Å²) in [7, 11) is 0. The van der Waals surface area contributed by atoms with Gasteiger partial charge in [0, 0.05) is 25.3 Å². The molecule has 0 saturated heterocycles. The zero-order valence-electron chi connectivity index (χ0n) is 6.35. The molecule has 0 aliphatic heterocycles. The lowest BCUT2D eigenvalue weighted by molar-refractivity contribution is -1.21. The Kier molecular flexibility index (Phi) is 3.74. The zero-order chi connectivity index (χ0) is 9.07. The fraction of sp³-hybridized carbons (Fsp3) is 0.800. The summed E-state index contributed by atoms with van der Waals surface area (Å²) in [6.45, 7) is 3.83. The fourth-order valence-corrected chi connectivity index (χ4v) is 0.913. The van der Waals surface area contributed by atoms with Crippen LogP contribution in [0.4, 0.5) is 13.4 Å². The summed E-state index contributed by atoms with van der Waals surface area (Å²) in [5.41, 5.74) is 0. The number of nitrogens with zero attached hydrogens (tertiary/aromatic N) is 2. The second-order valence-electron chi connectivity index (χ2n) is 1.90. The van der Waals surface area contributed by atoms with Crippen molar-refractivity contribution in [3.63, 3.8) is 0 Å². The molecule has 0 aromatic rings. The summed E-state index contributed by atoms with van der Waals surface area (Å²) in [5.74, 6) is 0. The van der Waals surface area contributed by atoms with Gasteiger partial charge in [0.05, 0.1) is 13.4 Å². The van der Waals surface area contributed by atoms with E-state index in [9.17, 15) is 13.4 Å². The summed E-state index contributed by atoms with van der Waals surface area (Å²) in [4.78, 5) is 1.08. The van der Waals surface area contributed by atoms with Crippen LogP contribution < -0.4 is 0 Å². The molecule has 0 bridgehead atoms. The van der Waals surface area contributed by atoms with Gasteiger partial charge in [-0.25, -0.2) is 0 Å². The first kappa shape index (κ1) is 10.6. The molecular weight excluding hydrogens is 177 g/mol. The van der Waals surface area contributed by atoms with Gasteiger partial charge >= 0.3 is 10.3 Å². The predicted octanol–water partition coefficient (Wildman–Crippen LogP) is 2.08. The molecule has 66 valence electrons. The average Bonchev–Trinajstić information content (AvgIpc) is 1.88. The van der Waals surface area contributed by atoms with Crippen molar-refractivity contribution < 1.29 is 18.6 Å². The van der Waals surface area contributed by atoms with Crippen molar-refractivity contribution >= 4 is 17.3 Å². The molecular formula is C5H10F3N2S+. The van der Waals surface area contributed by atoms with Gasteiger partial charge in [0.15, 0.2) is 0 Å². The Labute approximate surface area is 68.6 Å². The Morgan fingerprint density at radius 1 is 1.27 bits per heavy atom. The Morgan fingerprint density at radius 2 is 1.64 bits per heavy atom. The smallest absolute Gasteiger partial charge is 0.309 e. The van der Waals surface area contributed by atoms with Gasteiger partial charge in [-0.15, -0.1) is 0 Å². The number of thiocarbonyl (C=S) groups is 1. The van der Waals surface area contributed by atoms with E-state index >= 15 is 0 Å². The maximum Gasteiger partial charge on any atom is 0.398 e. The number of rotatable bonds is 2. The van der Waals surface area contributed by atoms with E-state index in [1.54, 1.807) is 13.8 Å². The Balaban J connectivity index is 4.22. The van der Waals surface area contributed by atoms with Crippen LogP contribution in [-0.4, -0.2) is 28.3 Å². The standard InChI is InChI=1S/C5H10F3N2S/c1-3-9(4-2)5(11)10(6,7)8/h3-4H2,1-2H3/q+1. The normalized spacial score (nSPS) is 11.4. The van der Waals surface area contributed by atoms with Crippen LogP contribution in [0.25, 0.3) is 0 Å². The molecule has 0 fully saturated rings. The van der Waals surface area contributed by atoms with Gasteiger partial charge in [-0.2, -0.15) is 0 Å². The van der Waals surface area contributed by atoms with Crippen LogP contribution in [0.5, 0.6) is 0 Å².